The molecule has 0 saturated heterocycles. The van der Waals surface area contributed by atoms with Gasteiger partial charge in [0.25, 0.3) is 0 Å². The summed E-state index contributed by atoms with van der Waals surface area (Å²) in [6.07, 6.45) is 3.76. The van der Waals surface area contributed by atoms with E-state index in [4.69, 9.17) is 0 Å². The standard InChI is InChI=1S/C7H10N2O.C2H6/c1-3-7(10)6-4-8-5-9(6)2;1-2/h4-5H,3H2,1-2H3;1-2H3. The second-order valence-corrected chi connectivity index (χ2v) is 2.17. The first-order valence-electron chi connectivity index (χ1n) is 4.25. The Bertz CT molecular complexity index is 240. The Balaban J connectivity index is 0.000000561. The normalized spacial score (nSPS) is 8.67. The van der Waals surface area contributed by atoms with E-state index in [9.17, 15) is 4.79 Å². The number of hydrogen-bond acceptors (Lipinski definition) is 2. The fraction of sp³-hybridized carbons (Fsp3) is 0.556. The molecule has 68 valence electrons. The van der Waals surface area contributed by atoms with Gasteiger partial charge in [-0.2, -0.15) is 0 Å². The zero-order valence-electron chi connectivity index (χ0n) is 8.16. The summed E-state index contributed by atoms with van der Waals surface area (Å²) < 4.78 is 1.73. The molecule has 0 N–H and O–H groups in total. The van der Waals surface area contributed by atoms with Crippen LogP contribution in [-0.2, 0) is 7.05 Å². The Morgan fingerprint density at radius 3 is 2.50 bits per heavy atom. The van der Waals surface area contributed by atoms with Gasteiger partial charge in [0.2, 0.25) is 0 Å². The van der Waals surface area contributed by atoms with Gasteiger partial charge in [0.15, 0.2) is 5.78 Å². The first kappa shape index (κ1) is 10.9. The van der Waals surface area contributed by atoms with Crippen molar-refractivity contribution in [3.8, 4) is 0 Å². The third-order valence-corrected chi connectivity index (χ3v) is 1.42. The van der Waals surface area contributed by atoms with Crippen LogP contribution in [0.3, 0.4) is 0 Å². The molecule has 0 fully saturated rings. The molecule has 0 atom stereocenters. The lowest BCUT2D eigenvalue weighted by molar-refractivity contribution is 0.0980. The van der Waals surface area contributed by atoms with E-state index in [1.807, 2.05) is 27.8 Å². The van der Waals surface area contributed by atoms with Crippen molar-refractivity contribution in [3.63, 3.8) is 0 Å². The number of Topliss-reactive ketones (excluding diaryl/α,β-unsaturated/α-hetero) is 1. The molecule has 0 amide bonds. The average Bonchev–Trinajstić information content (AvgIpc) is 2.54. The highest BCUT2D eigenvalue weighted by Gasteiger charge is 2.05. The molecule has 0 unspecified atom stereocenters. The van der Waals surface area contributed by atoms with Crippen molar-refractivity contribution in [2.24, 2.45) is 7.05 Å². The van der Waals surface area contributed by atoms with Crippen molar-refractivity contribution < 1.29 is 4.79 Å². The van der Waals surface area contributed by atoms with Crippen molar-refractivity contribution in [2.45, 2.75) is 27.2 Å². The van der Waals surface area contributed by atoms with Crippen LogP contribution in [0.2, 0.25) is 0 Å². The van der Waals surface area contributed by atoms with Gasteiger partial charge < -0.3 is 4.57 Å². The summed E-state index contributed by atoms with van der Waals surface area (Å²) in [4.78, 5) is 14.9. The fourth-order valence-electron chi connectivity index (χ4n) is 0.807. The van der Waals surface area contributed by atoms with Gasteiger partial charge in [-0.05, 0) is 0 Å². The summed E-state index contributed by atoms with van der Waals surface area (Å²) in [5.41, 5.74) is 0.683. The molecule has 0 saturated carbocycles. The van der Waals surface area contributed by atoms with Crippen LogP contribution in [0.15, 0.2) is 12.5 Å². The van der Waals surface area contributed by atoms with E-state index < -0.39 is 0 Å². The van der Waals surface area contributed by atoms with Gasteiger partial charge in [-0.25, -0.2) is 4.98 Å². The Morgan fingerprint density at radius 2 is 2.17 bits per heavy atom. The van der Waals surface area contributed by atoms with Crippen molar-refractivity contribution in [1.29, 1.82) is 0 Å². The summed E-state index contributed by atoms with van der Waals surface area (Å²) in [7, 11) is 1.82. The molecule has 3 heteroatoms. The molecular formula is C9H16N2O. The highest BCUT2D eigenvalue weighted by Crippen LogP contribution is 1.99. The summed E-state index contributed by atoms with van der Waals surface area (Å²) in [5, 5.41) is 0. The quantitative estimate of drug-likeness (QED) is 0.633. The van der Waals surface area contributed by atoms with Gasteiger partial charge >= 0.3 is 0 Å². The fourth-order valence-corrected chi connectivity index (χ4v) is 0.807. The number of aryl methyl sites for hydroxylation is 1. The van der Waals surface area contributed by atoms with Crippen LogP contribution in [0, 0.1) is 0 Å². The number of aromatic nitrogens is 2. The molecule has 1 rings (SSSR count). The minimum Gasteiger partial charge on any atom is -0.331 e. The molecule has 0 aliphatic rings. The lowest BCUT2D eigenvalue weighted by Gasteiger charge is -1.95. The summed E-state index contributed by atoms with van der Waals surface area (Å²) in [6.45, 7) is 5.84. The third-order valence-electron chi connectivity index (χ3n) is 1.42. The zero-order chi connectivity index (χ0) is 9.56. The molecule has 1 aromatic heterocycles. The van der Waals surface area contributed by atoms with Crippen molar-refractivity contribution in [3.05, 3.63) is 18.2 Å². The van der Waals surface area contributed by atoms with Gasteiger partial charge in [-0.3, -0.25) is 4.79 Å². The van der Waals surface area contributed by atoms with Crippen LogP contribution in [0.4, 0.5) is 0 Å². The summed E-state index contributed by atoms with van der Waals surface area (Å²) >= 11 is 0. The molecule has 0 radical (unpaired) electrons. The predicted octanol–water partition coefficient (Wildman–Crippen LogP) is 2.04. The van der Waals surface area contributed by atoms with Crippen LogP contribution in [0.5, 0.6) is 0 Å². The Labute approximate surface area is 73.4 Å². The predicted molar refractivity (Wildman–Crippen MR) is 49.2 cm³/mol. The zero-order valence-corrected chi connectivity index (χ0v) is 8.16. The molecule has 0 aliphatic carbocycles. The lowest BCUT2D eigenvalue weighted by Crippen LogP contribution is -2.02. The van der Waals surface area contributed by atoms with E-state index in [1.165, 1.54) is 0 Å². The second-order valence-electron chi connectivity index (χ2n) is 2.17. The van der Waals surface area contributed by atoms with Gasteiger partial charge in [0.05, 0.1) is 12.5 Å². The van der Waals surface area contributed by atoms with E-state index in [2.05, 4.69) is 4.98 Å². The average molecular weight is 168 g/mol. The topological polar surface area (TPSA) is 34.9 Å². The Morgan fingerprint density at radius 1 is 1.58 bits per heavy atom. The van der Waals surface area contributed by atoms with E-state index in [0.29, 0.717) is 12.1 Å². The number of carbonyl (C=O) groups is 1. The van der Waals surface area contributed by atoms with Gasteiger partial charge in [-0.1, -0.05) is 20.8 Å². The first-order valence-corrected chi connectivity index (χ1v) is 4.25. The molecule has 3 nitrogen and oxygen atoms in total. The van der Waals surface area contributed by atoms with Gasteiger partial charge in [-0.15, -0.1) is 0 Å². The number of hydrogen-bond donors (Lipinski definition) is 0. The van der Waals surface area contributed by atoms with E-state index >= 15 is 0 Å². The minimum absolute atomic E-state index is 0.139. The second kappa shape index (κ2) is 5.52. The highest BCUT2D eigenvalue weighted by molar-refractivity contribution is 5.93. The van der Waals surface area contributed by atoms with Gasteiger partial charge in [0, 0.05) is 13.5 Å². The van der Waals surface area contributed by atoms with Crippen LogP contribution < -0.4 is 0 Å². The number of ketones is 1. The van der Waals surface area contributed by atoms with Crippen LogP contribution in [-0.4, -0.2) is 15.3 Å². The highest BCUT2D eigenvalue weighted by atomic mass is 16.1. The molecule has 0 aliphatic heterocycles. The van der Waals surface area contributed by atoms with Crippen LogP contribution >= 0.6 is 0 Å². The molecular weight excluding hydrogens is 152 g/mol. The number of carbonyl (C=O) groups excluding carboxylic acids is 1. The molecule has 1 heterocycles. The number of rotatable bonds is 2. The number of nitrogens with zero attached hydrogens (tertiary/aromatic N) is 2. The van der Waals surface area contributed by atoms with E-state index in [-0.39, 0.29) is 5.78 Å². The van der Waals surface area contributed by atoms with Crippen molar-refractivity contribution >= 4 is 5.78 Å². The maximum Gasteiger partial charge on any atom is 0.180 e. The van der Waals surface area contributed by atoms with Gasteiger partial charge in [0.1, 0.15) is 5.69 Å². The molecule has 0 spiro atoms. The first-order chi connectivity index (χ1) is 5.75. The maximum absolute atomic E-state index is 11.0. The van der Waals surface area contributed by atoms with E-state index in [0.717, 1.165) is 0 Å². The van der Waals surface area contributed by atoms with Crippen molar-refractivity contribution in [2.75, 3.05) is 0 Å². The third kappa shape index (κ3) is 2.49. The Hall–Kier alpha value is -1.12. The summed E-state index contributed by atoms with van der Waals surface area (Å²) in [6, 6.07) is 0. The lowest BCUT2D eigenvalue weighted by atomic mass is 10.2. The number of imidazole rings is 1. The van der Waals surface area contributed by atoms with Crippen molar-refractivity contribution in [1.82, 2.24) is 9.55 Å². The molecule has 0 bridgehead atoms. The largest absolute Gasteiger partial charge is 0.331 e. The smallest absolute Gasteiger partial charge is 0.180 e. The van der Waals surface area contributed by atoms with Crippen LogP contribution in [0.25, 0.3) is 0 Å². The van der Waals surface area contributed by atoms with E-state index in [1.54, 1.807) is 17.1 Å². The molecule has 0 aromatic carbocycles. The molecule has 12 heavy (non-hydrogen) atoms. The maximum atomic E-state index is 11.0. The Kier molecular flexibility index (Phi) is 5.00. The van der Waals surface area contributed by atoms with Crippen LogP contribution in [0.1, 0.15) is 37.7 Å². The minimum atomic E-state index is 0.139. The summed E-state index contributed by atoms with van der Waals surface area (Å²) in [5.74, 6) is 0.139. The monoisotopic (exact) mass is 168 g/mol. The molecule has 1 aromatic rings. The SMILES string of the molecule is CC.CCC(=O)c1cncn1C.